The number of rotatable bonds is 35. The van der Waals surface area contributed by atoms with Crippen molar-refractivity contribution in [3.8, 4) is 0 Å². The zero-order chi connectivity index (χ0) is 39.7. The molecule has 0 radical (unpaired) electrons. The predicted octanol–water partition coefficient (Wildman–Crippen LogP) is 9.70. The van der Waals surface area contributed by atoms with Gasteiger partial charge in [-0.15, -0.1) is 0 Å². The van der Waals surface area contributed by atoms with Crippen molar-refractivity contribution in [1.82, 2.24) is 10.6 Å². The summed E-state index contributed by atoms with van der Waals surface area (Å²) in [4.78, 5) is 47.4. The molecule has 0 aromatic rings. The number of amides is 2. The Morgan fingerprint density at radius 1 is 0.593 bits per heavy atom. The van der Waals surface area contributed by atoms with E-state index in [1.165, 1.54) is 19.3 Å². The zero-order valence-electron chi connectivity index (χ0n) is 33.4. The van der Waals surface area contributed by atoms with Crippen molar-refractivity contribution < 1.29 is 34.1 Å². The Hall–Kier alpha value is -3.98. The molecule has 2 atom stereocenters. The highest BCUT2D eigenvalue weighted by atomic mass is 16.5. The normalized spacial score (nSPS) is 13.4. The van der Waals surface area contributed by atoms with Crippen LogP contribution in [0.1, 0.15) is 149 Å². The van der Waals surface area contributed by atoms with Crippen LogP contribution in [-0.4, -0.2) is 59.3 Å². The molecule has 0 aromatic heterocycles. The SMILES string of the molecule is CC/C=C\C/C=C\C/C=C\C/C=C\CCCCC(=O)OC(/C=C\C/C=C\C/C=C\CCCCC)CCCCCCCC(=O)NCC(=O)NC(CO)C(=O)O. The van der Waals surface area contributed by atoms with Crippen LogP contribution >= 0.6 is 0 Å². The summed E-state index contributed by atoms with van der Waals surface area (Å²) in [6.07, 6.45) is 49.1. The fourth-order valence-electron chi connectivity index (χ4n) is 5.22. The number of aliphatic carboxylic acids is 1. The van der Waals surface area contributed by atoms with Gasteiger partial charge in [0.2, 0.25) is 11.8 Å². The first-order valence-electron chi connectivity index (χ1n) is 20.5. The first kappa shape index (κ1) is 50.0. The molecular weight excluding hydrogens is 681 g/mol. The average molecular weight is 753 g/mol. The van der Waals surface area contributed by atoms with Crippen molar-refractivity contribution in [2.45, 2.75) is 161 Å². The average Bonchev–Trinajstić information content (AvgIpc) is 3.15. The highest BCUT2D eigenvalue weighted by Gasteiger charge is 2.18. The maximum absolute atomic E-state index is 12.7. The molecule has 0 fully saturated rings. The number of carbonyl (C=O) groups excluding carboxylic acids is 3. The fourth-order valence-corrected chi connectivity index (χ4v) is 5.22. The topological polar surface area (TPSA) is 142 Å². The van der Waals surface area contributed by atoms with Crippen LogP contribution in [0.15, 0.2) is 85.1 Å². The summed E-state index contributed by atoms with van der Waals surface area (Å²) < 4.78 is 5.88. The summed E-state index contributed by atoms with van der Waals surface area (Å²) in [5.41, 5.74) is 0. The van der Waals surface area contributed by atoms with E-state index in [1.807, 2.05) is 6.08 Å². The van der Waals surface area contributed by atoms with Crippen LogP contribution in [0, 0.1) is 0 Å². The van der Waals surface area contributed by atoms with Gasteiger partial charge < -0.3 is 25.6 Å². The molecule has 9 nitrogen and oxygen atoms in total. The third-order valence-corrected chi connectivity index (χ3v) is 8.36. The van der Waals surface area contributed by atoms with Crippen molar-refractivity contribution in [2.24, 2.45) is 0 Å². The minimum Gasteiger partial charge on any atom is -0.480 e. The second kappa shape index (κ2) is 38.7. The van der Waals surface area contributed by atoms with Crippen LogP contribution in [0.5, 0.6) is 0 Å². The molecule has 0 heterocycles. The lowest BCUT2D eigenvalue weighted by Gasteiger charge is -2.14. The molecular formula is C45H72N2O7. The quantitative estimate of drug-likeness (QED) is 0.0287. The summed E-state index contributed by atoms with van der Waals surface area (Å²) >= 11 is 0. The van der Waals surface area contributed by atoms with Crippen molar-refractivity contribution in [3.63, 3.8) is 0 Å². The molecule has 2 unspecified atom stereocenters. The molecule has 0 aromatic carbocycles. The number of allylic oxidation sites excluding steroid dienone is 13. The third-order valence-electron chi connectivity index (χ3n) is 8.36. The standard InChI is InChI=1S/C45H72N2O7/c1-3-5-7-9-11-13-15-16-17-18-20-22-24-29-33-37-44(51)54-40(34-30-26-23-21-19-14-12-10-8-6-4-2)35-31-27-25-28-32-36-42(49)46-38-43(50)47-41(39-48)45(52)53/h5,7,11-14,16-17,20-23,30,34,40-41,48H,3-4,6,8-10,15,18-19,24-29,31-33,35-39H2,1-2H3,(H,46,49)(H,47,50)(H,52,53)/b7-5-,13-11-,14-12-,17-16-,22-20-,23-21-,34-30-. The molecule has 0 aliphatic carbocycles. The maximum atomic E-state index is 12.7. The van der Waals surface area contributed by atoms with Crippen LogP contribution in [0.4, 0.5) is 0 Å². The highest BCUT2D eigenvalue weighted by Crippen LogP contribution is 2.14. The van der Waals surface area contributed by atoms with Crippen LogP contribution < -0.4 is 10.6 Å². The first-order valence-corrected chi connectivity index (χ1v) is 20.5. The van der Waals surface area contributed by atoms with Gasteiger partial charge in [0.15, 0.2) is 0 Å². The number of hydrogen-bond acceptors (Lipinski definition) is 6. The smallest absolute Gasteiger partial charge is 0.328 e. The van der Waals surface area contributed by atoms with E-state index in [9.17, 15) is 19.2 Å². The number of aliphatic hydroxyl groups excluding tert-OH is 1. The molecule has 0 saturated heterocycles. The number of aliphatic hydroxyl groups is 1. The monoisotopic (exact) mass is 753 g/mol. The van der Waals surface area contributed by atoms with Gasteiger partial charge in [-0.05, 0) is 96.0 Å². The predicted molar refractivity (Wildman–Crippen MR) is 222 cm³/mol. The third kappa shape index (κ3) is 35.1. The largest absolute Gasteiger partial charge is 0.480 e. The summed E-state index contributed by atoms with van der Waals surface area (Å²) in [6.45, 7) is 3.29. The van der Waals surface area contributed by atoms with Gasteiger partial charge in [0.25, 0.3) is 0 Å². The molecule has 54 heavy (non-hydrogen) atoms. The van der Waals surface area contributed by atoms with Crippen LogP contribution in [0.25, 0.3) is 0 Å². The Kier molecular flexibility index (Phi) is 35.9. The number of carboxylic acid groups (broad SMARTS) is 1. The summed E-state index contributed by atoms with van der Waals surface area (Å²) in [5, 5.41) is 22.5. The molecule has 2 amide bonds. The van der Waals surface area contributed by atoms with E-state index in [2.05, 4.69) is 103 Å². The van der Waals surface area contributed by atoms with Crippen LogP contribution in [-0.2, 0) is 23.9 Å². The lowest BCUT2D eigenvalue weighted by atomic mass is 10.1. The second-order valence-electron chi connectivity index (χ2n) is 13.3. The number of ether oxygens (including phenoxy) is 1. The van der Waals surface area contributed by atoms with Gasteiger partial charge in [0, 0.05) is 12.8 Å². The van der Waals surface area contributed by atoms with E-state index in [4.69, 9.17) is 14.9 Å². The molecule has 0 bridgehead atoms. The Morgan fingerprint density at radius 3 is 1.69 bits per heavy atom. The minimum atomic E-state index is -1.39. The number of carbonyl (C=O) groups is 4. The summed E-state index contributed by atoms with van der Waals surface area (Å²) in [5.74, 6) is -2.45. The Balaban J connectivity index is 4.52. The van der Waals surface area contributed by atoms with Crippen molar-refractivity contribution in [3.05, 3.63) is 85.1 Å². The lowest BCUT2D eigenvalue weighted by Crippen LogP contribution is -2.47. The van der Waals surface area contributed by atoms with Gasteiger partial charge in [-0.3, -0.25) is 14.4 Å². The Morgan fingerprint density at radius 2 is 1.11 bits per heavy atom. The number of carboxylic acids is 1. The van der Waals surface area contributed by atoms with Crippen molar-refractivity contribution in [1.29, 1.82) is 0 Å². The first-order chi connectivity index (χ1) is 26.3. The molecule has 0 aliphatic heterocycles. The molecule has 304 valence electrons. The molecule has 0 rings (SSSR count). The van der Waals surface area contributed by atoms with Gasteiger partial charge in [-0.25, -0.2) is 4.79 Å². The van der Waals surface area contributed by atoms with Crippen molar-refractivity contribution in [2.75, 3.05) is 13.2 Å². The van der Waals surface area contributed by atoms with Crippen LogP contribution in [0.2, 0.25) is 0 Å². The fraction of sp³-hybridized carbons (Fsp3) is 0.600. The van der Waals surface area contributed by atoms with E-state index >= 15 is 0 Å². The van der Waals surface area contributed by atoms with Crippen LogP contribution in [0.3, 0.4) is 0 Å². The zero-order valence-corrected chi connectivity index (χ0v) is 33.4. The number of unbranched alkanes of at least 4 members (excludes halogenated alkanes) is 9. The molecule has 0 aliphatic rings. The van der Waals surface area contributed by atoms with E-state index < -0.39 is 24.5 Å². The maximum Gasteiger partial charge on any atom is 0.328 e. The van der Waals surface area contributed by atoms with E-state index in [1.54, 1.807) is 0 Å². The molecule has 0 saturated carbocycles. The number of esters is 1. The number of hydrogen-bond donors (Lipinski definition) is 4. The molecule has 9 heteroatoms. The lowest BCUT2D eigenvalue weighted by molar-refractivity contribution is -0.147. The highest BCUT2D eigenvalue weighted by molar-refractivity contribution is 5.87. The van der Waals surface area contributed by atoms with E-state index in [0.29, 0.717) is 12.8 Å². The van der Waals surface area contributed by atoms with Gasteiger partial charge in [0.05, 0.1) is 13.2 Å². The van der Waals surface area contributed by atoms with E-state index in [0.717, 1.165) is 96.3 Å². The minimum absolute atomic E-state index is 0.159. The van der Waals surface area contributed by atoms with E-state index in [-0.39, 0.29) is 30.9 Å². The molecule has 4 N–H and O–H groups in total. The second-order valence-corrected chi connectivity index (χ2v) is 13.3. The van der Waals surface area contributed by atoms with Gasteiger partial charge in [-0.1, -0.05) is 125 Å². The summed E-state index contributed by atoms with van der Waals surface area (Å²) in [7, 11) is 0. The van der Waals surface area contributed by atoms with Gasteiger partial charge in [-0.2, -0.15) is 0 Å². The van der Waals surface area contributed by atoms with Gasteiger partial charge >= 0.3 is 11.9 Å². The number of nitrogens with one attached hydrogen (secondary N) is 2. The summed E-state index contributed by atoms with van der Waals surface area (Å²) in [6, 6.07) is -1.39. The van der Waals surface area contributed by atoms with Gasteiger partial charge in [0.1, 0.15) is 12.1 Å². The Bertz CT molecular complexity index is 1180. The molecule has 0 spiro atoms. The Labute approximate surface area is 326 Å². The van der Waals surface area contributed by atoms with Crippen molar-refractivity contribution >= 4 is 23.8 Å².